The first-order chi connectivity index (χ1) is 15.9. The zero-order valence-corrected chi connectivity index (χ0v) is 18.4. The van der Waals surface area contributed by atoms with E-state index < -0.39 is 17.8 Å². The number of carboxylic acids is 1. The van der Waals surface area contributed by atoms with E-state index in [-0.39, 0.29) is 17.6 Å². The average molecular weight is 454 g/mol. The summed E-state index contributed by atoms with van der Waals surface area (Å²) < 4.78 is 13.2. The summed E-state index contributed by atoms with van der Waals surface area (Å²) in [6.45, 7) is 2.24. The van der Waals surface area contributed by atoms with Crippen LogP contribution < -0.4 is 10.2 Å². The van der Waals surface area contributed by atoms with Gasteiger partial charge in [0.05, 0.1) is 23.1 Å². The van der Waals surface area contributed by atoms with E-state index in [0.717, 1.165) is 18.5 Å². The molecule has 1 saturated heterocycles. The Bertz CT molecular complexity index is 1020. The highest BCUT2D eigenvalue weighted by atomic mass is 19.1. The number of carboxylic acid groups (broad SMARTS) is 1. The quantitative estimate of drug-likeness (QED) is 0.722. The van der Waals surface area contributed by atoms with Crippen molar-refractivity contribution in [1.82, 2.24) is 4.90 Å². The topological polar surface area (TPSA) is 90.0 Å². The fourth-order valence-corrected chi connectivity index (χ4v) is 4.73. The van der Waals surface area contributed by atoms with Crippen LogP contribution in [0.15, 0.2) is 48.5 Å². The lowest BCUT2D eigenvalue weighted by molar-refractivity contribution is -0.147. The molecule has 33 heavy (non-hydrogen) atoms. The summed E-state index contributed by atoms with van der Waals surface area (Å²) in [5.41, 5.74) is 1.71. The van der Waals surface area contributed by atoms with E-state index in [1.165, 1.54) is 12.1 Å². The maximum atomic E-state index is 13.3. The number of carbonyl (C=O) groups is 3. The van der Waals surface area contributed by atoms with E-state index in [9.17, 15) is 23.9 Å². The molecular formula is C25H28FN3O4. The van der Waals surface area contributed by atoms with Crippen LogP contribution in [-0.2, 0) is 9.59 Å². The summed E-state index contributed by atoms with van der Waals surface area (Å²) >= 11 is 0. The molecule has 1 saturated carbocycles. The Morgan fingerprint density at radius 1 is 0.879 bits per heavy atom. The zero-order chi connectivity index (χ0) is 23.4. The smallest absolute Gasteiger partial charge is 0.307 e. The van der Waals surface area contributed by atoms with Gasteiger partial charge in [-0.1, -0.05) is 25.0 Å². The van der Waals surface area contributed by atoms with Gasteiger partial charge in [0.25, 0.3) is 5.91 Å². The lowest BCUT2D eigenvalue weighted by Crippen LogP contribution is -2.49. The van der Waals surface area contributed by atoms with Gasteiger partial charge < -0.3 is 20.2 Å². The van der Waals surface area contributed by atoms with Crippen molar-refractivity contribution in [1.29, 1.82) is 0 Å². The molecule has 8 heteroatoms. The second-order valence-corrected chi connectivity index (χ2v) is 8.63. The Balaban J connectivity index is 1.43. The largest absolute Gasteiger partial charge is 0.481 e. The van der Waals surface area contributed by atoms with Crippen molar-refractivity contribution in [3.05, 3.63) is 59.9 Å². The van der Waals surface area contributed by atoms with Gasteiger partial charge in [-0.2, -0.15) is 0 Å². The Labute approximate surface area is 192 Å². The van der Waals surface area contributed by atoms with Gasteiger partial charge in [-0.05, 0) is 49.2 Å². The first kappa shape index (κ1) is 22.8. The Hall–Kier alpha value is -3.42. The summed E-state index contributed by atoms with van der Waals surface area (Å²) in [4.78, 5) is 41.6. The number of anilines is 2. The van der Waals surface area contributed by atoms with E-state index in [1.807, 2.05) is 0 Å². The highest BCUT2D eigenvalue weighted by Crippen LogP contribution is 2.32. The number of piperazine rings is 1. The molecule has 0 unspecified atom stereocenters. The summed E-state index contributed by atoms with van der Waals surface area (Å²) in [6, 6.07) is 13.2. The Kier molecular flexibility index (Phi) is 6.91. The van der Waals surface area contributed by atoms with Gasteiger partial charge in [-0.3, -0.25) is 14.4 Å². The molecule has 2 atom stereocenters. The predicted molar refractivity (Wildman–Crippen MR) is 123 cm³/mol. The maximum absolute atomic E-state index is 13.3. The van der Waals surface area contributed by atoms with Gasteiger partial charge in [0.15, 0.2) is 0 Å². The summed E-state index contributed by atoms with van der Waals surface area (Å²) in [5, 5.41) is 12.3. The van der Waals surface area contributed by atoms with Crippen LogP contribution in [0.2, 0.25) is 0 Å². The molecular weight excluding hydrogens is 425 g/mol. The van der Waals surface area contributed by atoms with E-state index >= 15 is 0 Å². The number of halogens is 1. The summed E-state index contributed by atoms with van der Waals surface area (Å²) in [6.07, 6.45) is 2.65. The van der Waals surface area contributed by atoms with Crippen LogP contribution in [0.1, 0.15) is 36.0 Å². The number of rotatable bonds is 5. The van der Waals surface area contributed by atoms with Crippen molar-refractivity contribution in [2.24, 2.45) is 11.8 Å². The summed E-state index contributed by atoms with van der Waals surface area (Å²) in [5.74, 6) is -3.04. The molecule has 4 rings (SSSR count). The second kappa shape index (κ2) is 10.0. The van der Waals surface area contributed by atoms with Crippen LogP contribution >= 0.6 is 0 Å². The van der Waals surface area contributed by atoms with Crippen LogP contribution in [-0.4, -0.2) is 54.0 Å². The molecule has 174 valence electrons. The zero-order valence-electron chi connectivity index (χ0n) is 18.4. The predicted octanol–water partition coefficient (Wildman–Crippen LogP) is 3.62. The van der Waals surface area contributed by atoms with Crippen molar-refractivity contribution >= 4 is 29.2 Å². The molecule has 1 heterocycles. The normalized spacial score (nSPS) is 20.9. The van der Waals surface area contributed by atoms with Crippen LogP contribution in [0.3, 0.4) is 0 Å². The number of carbonyl (C=O) groups excluding carboxylic acids is 2. The highest BCUT2D eigenvalue weighted by Gasteiger charge is 2.36. The van der Waals surface area contributed by atoms with E-state index in [2.05, 4.69) is 10.2 Å². The number of aliphatic carboxylic acids is 1. The molecule has 2 amide bonds. The van der Waals surface area contributed by atoms with Gasteiger partial charge >= 0.3 is 5.97 Å². The van der Waals surface area contributed by atoms with E-state index in [1.54, 1.807) is 41.3 Å². The number of hydrogen-bond donors (Lipinski definition) is 2. The number of para-hydroxylation sites is 1. The van der Waals surface area contributed by atoms with Crippen molar-refractivity contribution in [3.8, 4) is 0 Å². The first-order valence-electron chi connectivity index (χ1n) is 11.4. The number of amides is 2. The minimum Gasteiger partial charge on any atom is -0.481 e. The number of hydrogen-bond acceptors (Lipinski definition) is 4. The van der Waals surface area contributed by atoms with Crippen molar-refractivity contribution in [2.75, 3.05) is 36.4 Å². The van der Waals surface area contributed by atoms with Crippen LogP contribution in [0.5, 0.6) is 0 Å². The molecule has 2 N–H and O–H groups in total. The molecule has 7 nitrogen and oxygen atoms in total. The minimum atomic E-state index is -0.946. The fraction of sp³-hybridized carbons (Fsp3) is 0.400. The van der Waals surface area contributed by atoms with Gasteiger partial charge in [0.2, 0.25) is 5.91 Å². The average Bonchev–Trinajstić information content (AvgIpc) is 2.84. The SMILES string of the molecule is O=C(Nc1ccccc1C(=O)N1CCN(c2ccc(F)cc2)CC1)[C@H]1CCCC[C@H]1C(=O)O. The van der Waals surface area contributed by atoms with Gasteiger partial charge in [-0.15, -0.1) is 0 Å². The molecule has 2 aromatic carbocycles. The molecule has 0 aromatic heterocycles. The van der Waals surface area contributed by atoms with Gasteiger partial charge in [-0.25, -0.2) is 4.39 Å². The van der Waals surface area contributed by atoms with Crippen LogP contribution in [0.4, 0.5) is 15.8 Å². The molecule has 1 aliphatic heterocycles. The molecule has 2 aliphatic rings. The standard InChI is InChI=1S/C25H28FN3O4/c26-17-9-11-18(12-10-17)28-13-15-29(16-14-28)24(31)21-7-3-4-8-22(21)27-23(30)19-5-1-2-6-20(19)25(32)33/h3-4,7-12,19-20H,1-2,5-6,13-16H2,(H,27,30)(H,32,33)/t19-,20+/m0/s1. The third kappa shape index (κ3) is 5.16. The first-order valence-corrected chi connectivity index (χ1v) is 11.4. The third-order valence-electron chi connectivity index (χ3n) is 6.59. The molecule has 0 bridgehead atoms. The molecule has 2 aromatic rings. The minimum absolute atomic E-state index is 0.178. The third-order valence-corrected chi connectivity index (χ3v) is 6.59. The number of nitrogens with zero attached hydrogens (tertiary/aromatic N) is 2. The molecule has 0 spiro atoms. The molecule has 1 aliphatic carbocycles. The fourth-order valence-electron chi connectivity index (χ4n) is 4.73. The van der Waals surface area contributed by atoms with Crippen LogP contribution in [0.25, 0.3) is 0 Å². The summed E-state index contributed by atoms with van der Waals surface area (Å²) in [7, 11) is 0. The van der Waals surface area contributed by atoms with E-state index in [0.29, 0.717) is 50.3 Å². The lowest BCUT2D eigenvalue weighted by atomic mass is 9.78. The van der Waals surface area contributed by atoms with Crippen molar-refractivity contribution in [3.63, 3.8) is 0 Å². The Morgan fingerprint density at radius 2 is 1.52 bits per heavy atom. The Morgan fingerprint density at radius 3 is 2.18 bits per heavy atom. The molecule has 0 radical (unpaired) electrons. The second-order valence-electron chi connectivity index (χ2n) is 8.63. The number of benzene rings is 2. The molecule has 2 fully saturated rings. The number of nitrogens with one attached hydrogen (secondary N) is 1. The maximum Gasteiger partial charge on any atom is 0.307 e. The van der Waals surface area contributed by atoms with Crippen molar-refractivity contribution < 1.29 is 23.9 Å². The van der Waals surface area contributed by atoms with Crippen molar-refractivity contribution in [2.45, 2.75) is 25.7 Å². The monoisotopic (exact) mass is 453 g/mol. The van der Waals surface area contributed by atoms with Crippen LogP contribution in [0, 0.1) is 17.7 Å². The van der Waals surface area contributed by atoms with Gasteiger partial charge in [0.1, 0.15) is 5.82 Å². The van der Waals surface area contributed by atoms with E-state index in [4.69, 9.17) is 0 Å². The van der Waals surface area contributed by atoms with Gasteiger partial charge in [0, 0.05) is 31.9 Å². The highest BCUT2D eigenvalue weighted by molar-refractivity contribution is 6.04. The lowest BCUT2D eigenvalue weighted by Gasteiger charge is -2.36.